The molecule has 4 N–H and O–H groups in total. The Hall–Kier alpha value is -1.63. The summed E-state index contributed by atoms with van der Waals surface area (Å²) in [5, 5.41) is 34.8. The summed E-state index contributed by atoms with van der Waals surface area (Å²) in [6.45, 7) is 1.29. The lowest BCUT2D eigenvalue weighted by molar-refractivity contribution is -0.184. The lowest BCUT2D eigenvalue weighted by atomic mass is 9.81. The number of hydrogen-bond donors (Lipinski definition) is 4. The lowest BCUT2D eigenvalue weighted by Gasteiger charge is -2.24. The van der Waals surface area contributed by atoms with Crippen LogP contribution in [0, 0.1) is 5.41 Å². The molecule has 80 valence electrons. The summed E-state index contributed by atoms with van der Waals surface area (Å²) in [4.78, 5) is 31.7. The highest BCUT2D eigenvalue weighted by atomic mass is 16.4. The topological polar surface area (TPSA) is 132 Å². The molecule has 0 aromatic rings. The monoisotopic (exact) mass is 206 g/mol. The van der Waals surface area contributed by atoms with Gasteiger partial charge in [0.2, 0.25) is 0 Å². The van der Waals surface area contributed by atoms with Crippen molar-refractivity contribution in [3.05, 3.63) is 0 Å². The average Bonchev–Trinajstić information content (AvgIpc) is 2.02. The second kappa shape index (κ2) is 4.05. The molecule has 0 amide bonds. The van der Waals surface area contributed by atoms with Crippen molar-refractivity contribution in [1.82, 2.24) is 0 Å². The highest BCUT2D eigenvalue weighted by molar-refractivity contribution is 6.16. The van der Waals surface area contributed by atoms with Gasteiger partial charge in [-0.15, -0.1) is 0 Å². The molecule has 0 rings (SSSR count). The fourth-order valence-electron chi connectivity index (χ4n) is 1.01. The number of carbonyl (C=O) groups is 3. The molecule has 0 saturated heterocycles. The molecule has 0 saturated carbocycles. The van der Waals surface area contributed by atoms with E-state index in [1.807, 2.05) is 0 Å². The summed E-state index contributed by atoms with van der Waals surface area (Å²) >= 11 is 0. The third-order valence-corrected chi connectivity index (χ3v) is 1.90. The molecule has 0 spiro atoms. The number of aliphatic hydroxyl groups excluding tert-OH is 1. The first-order valence-corrected chi connectivity index (χ1v) is 3.70. The van der Waals surface area contributed by atoms with Gasteiger partial charge < -0.3 is 20.4 Å². The van der Waals surface area contributed by atoms with Crippen molar-refractivity contribution < 1.29 is 34.8 Å². The highest BCUT2D eigenvalue weighted by Crippen LogP contribution is 2.26. The second-order valence-electron chi connectivity index (χ2n) is 2.65. The molecule has 0 fully saturated rings. The third kappa shape index (κ3) is 1.53. The van der Waals surface area contributed by atoms with Crippen LogP contribution in [0.2, 0.25) is 0 Å². The molecule has 0 aliphatic carbocycles. The number of aliphatic hydroxyl groups is 1. The van der Waals surface area contributed by atoms with E-state index in [-0.39, 0.29) is 6.42 Å². The molecule has 1 atom stereocenters. The Kier molecular flexibility index (Phi) is 3.58. The first kappa shape index (κ1) is 12.4. The van der Waals surface area contributed by atoms with E-state index in [0.717, 1.165) is 0 Å². The van der Waals surface area contributed by atoms with Gasteiger partial charge in [-0.25, -0.2) is 0 Å². The molecule has 0 aliphatic heterocycles. The average molecular weight is 206 g/mol. The van der Waals surface area contributed by atoms with Crippen LogP contribution >= 0.6 is 0 Å². The van der Waals surface area contributed by atoms with Crippen LogP contribution in [0.15, 0.2) is 0 Å². The zero-order chi connectivity index (χ0) is 11.5. The normalized spacial score (nSPS) is 13.3. The smallest absolute Gasteiger partial charge is 0.335 e. The van der Waals surface area contributed by atoms with Crippen molar-refractivity contribution in [3.8, 4) is 0 Å². The van der Waals surface area contributed by atoms with Crippen LogP contribution in [0.4, 0.5) is 0 Å². The molecule has 0 bridgehead atoms. The van der Waals surface area contributed by atoms with E-state index in [2.05, 4.69) is 0 Å². The number of carboxylic acid groups (broad SMARTS) is 3. The van der Waals surface area contributed by atoms with Crippen molar-refractivity contribution in [2.24, 2.45) is 5.41 Å². The Balaban J connectivity index is 5.50. The van der Waals surface area contributed by atoms with Gasteiger partial charge in [-0.1, -0.05) is 6.92 Å². The predicted octanol–water partition coefficient (Wildman–Crippen LogP) is -1.00. The van der Waals surface area contributed by atoms with Gasteiger partial charge in [0, 0.05) is 0 Å². The van der Waals surface area contributed by atoms with Crippen LogP contribution in [0.25, 0.3) is 0 Å². The van der Waals surface area contributed by atoms with E-state index >= 15 is 0 Å². The summed E-state index contributed by atoms with van der Waals surface area (Å²) in [7, 11) is 0. The van der Waals surface area contributed by atoms with Crippen LogP contribution in [0.5, 0.6) is 0 Å². The molecule has 0 radical (unpaired) electrons. The van der Waals surface area contributed by atoms with Gasteiger partial charge in [-0.2, -0.15) is 0 Å². The molecular weight excluding hydrogens is 196 g/mol. The maximum Gasteiger partial charge on any atom is 0.335 e. The van der Waals surface area contributed by atoms with Crippen LogP contribution in [0.1, 0.15) is 13.3 Å². The second-order valence-corrected chi connectivity index (χ2v) is 2.65. The lowest BCUT2D eigenvalue weighted by Crippen LogP contribution is -2.54. The minimum atomic E-state index is -3.19. The Labute approximate surface area is 78.6 Å². The molecule has 1 unspecified atom stereocenters. The van der Waals surface area contributed by atoms with Gasteiger partial charge in [-0.05, 0) is 6.42 Å². The van der Waals surface area contributed by atoms with E-state index in [4.69, 9.17) is 20.4 Å². The Bertz CT molecular complexity index is 233. The quantitative estimate of drug-likeness (QED) is 0.424. The maximum absolute atomic E-state index is 10.6. The Morgan fingerprint density at radius 3 is 1.43 bits per heavy atom. The fourth-order valence-corrected chi connectivity index (χ4v) is 1.01. The Morgan fingerprint density at radius 1 is 1.07 bits per heavy atom. The summed E-state index contributed by atoms with van der Waals surface area (Å²) in [5.74, 6) is -6.27. The molecular formula is C7H10O7. The summed E-state index contributed by atoms with van der Waals surface area (Å²) in [6, 6.07) is 0. The molecule has 0 aromatic carbocycles. The van der Waals surface area contributed by atoms with Crippen LogP contribution in [-0.4, -0.2) is 44.4 Å². The van der Waals surface area contributed by atoms with E-state index in [1.165, 1.54) is 6.92 Å². The van der Waals surface area contributed by atoms with Gasteiger partial charge in [0.05, 0.1) is 6.10 Å². The molecule has 14 heavy (non-hydrogen) atoms. The molecule has 0 aromatic heterocycles. The van der Waals surface area contributed by atoms with E-state index in [1.54, 1.807) is 0 Å². The van der Waals surface area contributed by atoms with E-state index in [9.17, 15) is 14.4 Å². The molecule has 7 nitrogen and oxygen atoms in total. The van der Waals surface area contributed by atoms with E-state index in [0.29, 0.717) is 0 Å². The molecule has 0 heterocycles. The minimum absolute atomic E-state index is 0.287. The SMILES string of the molecule is CCC(O)C(C(=O)O)(C(=O)O)C(=O)O. The summed E-state index contributed by atoms with van der Waals surface area (Å²) < 4.78 is 0. The van der Waals surface area contributed by atoms with Crippen molar-refractivity contribution in [2.75, 3.05) is 0 Å². The first-order chi connectivity index (χ1) is 6.31. The number of carboxylic acids is 3. The highest BCUT2D eigenvalue weighted by Gasteiger charge is 2.59. The molecule has 0 aliphatic rings. The first-order valence-electron chi connectivity index (χ1n) is 3.70. The molecule has 7 heteroatoms. The van der Waals surface area contributed by atoms with Crippen molar-refractivity contribution >= 4 is 17.9 Å². The number of aliphatic carboxylic acids is 3. The standard InChI is InChI=1S/C7H10O7/c1-2-3(8)7(4(9)10,5(11)12)6(13)14/h3,8H,2H2,1H3,(H,9,10)(H,11,12)(H,13,14). The minimum Gasteiger partial charge on any atom is -0.480 e. The predicted molar refractivity (Wildman–Crippen MR) is 41.6 cm³/mol. The van der Waals surface area contributed by atoms with Crippen LogP contribution in [0.3, 0.4) is 0 Å². The zero-order valence-electron chi connectivity index (χ0n) is 7.30. The Morgan fingerprint density at radius 2 is 1.36 bits per heavy atom. The van der Waals surface area contributed by atoms with E-state index < -0.39 is 29.4 Å². The van der Waals surface area contributed by atoms with Crippen molar-refractivity contribution in [1.29, 1.82) is 0 Å². The zero-order valence-corrected chi connectivity index (χ0v) is 7.30. The van der Waals surface area contributed by atoms with Crippen LogP contribution < -0.4 is 0 Å². The van der Waals surface area contributed by atoms with Gasteiger partial charge in [0.25, 0.3) is 5.41 Å². The number of hydrogen-bond acceptors (Lipinski definition) is 4. The number of rotatable bonds is 5. The van der Waals surface area contributed by atoms with Gasteiger partial charge in [-0.3, -0.25) is 14.4 Å². The third-order valence-electron chi connectivity index (χ3n) is 1.90. The summed E-state index contributed by atoms with van der Waals surface area (Å²) in [6.07, 6.45) is -2.26. The fraction of sp³-hybridized carbons (Fsp3) is 0.571. The van der Waals surface area contributed by atoms with Gasteiger partial charge >= 0.3 is 17.9 Å². The van der Waals surface area contributed by atoms with Crippen molar-refractivity contribution in [3.63, 3.8) is 0 Å². The van der Waals surface area contributed by atoms with Crippen molar-refractivity contribution in [2.45, 2.75) is 19.4 Å². The van der Waals surface area contributed by atoms with Gasteiger partial charge in [0.15, 0.2) is 0 Å². The summed E-state index contributed by atoms with van der Waals surface area (Å²) in [5.41, 5.74) is -3.19. The van der Waals surface area contributed by atoms with Gasteiger partial charge in [0.1, 0.15) is 0 Å². The van der Waals surface area contributed by atoms with Crippen LogP contribution in [-0.2, 0) is 14.4 Å². The largest absolute Gasteiger partial charge is 0.480 e. The maximum atomic E-state index is 10.6.